The third-order valence-electron chi connectivity index (χ3n) is 2.03. The summed E-state index contributed by atoms with van der Waals surface area (Å²) in [5.74, 6) is 0. The molecule has 11 heavy (non-hydrogen) atoms. The van der Waals surface area contributed by atoms with Gasteiger partial charge in [-0.25, -0.2) is 0 Å². The minimum atomic E-state index is 1.07. The summed E-state index contributed by atoms with van der Waals surface area (Å²) >= 11 is 0. The van der Waals surface area contributed by atoms with Gasteiger partial charge in [-0.3, -0.25) is 0 Å². The lowest BCUT2D eigenvalue weighted by Crippen LogP contribution is -2.07. The van der Waals surface area contributed by atoms with Crippen molar-refractivity contribution in [2.75, 3.05) is 0 Å². The Kier molecular flexibility index (Phi) is 1.42. The number of dihydropyridines is 1. The van der Waals surface area contributed by atoms with E-state index in [2.05, 4.69) is 30.5 Å². The average molecular weight is 145 g/mol. The molecule has 0 bridgehead atoms. The summed E-state index contributed by atoms with van der Waals surface area (Å²) in [6, 6.07) is 0. The van der Waals surface area contributed by atoms with Gasteiger partial charge in [0.15, 0.2) is 0 Å². The molecule has 2 rings (SSSR count). The van der Waals surface area contributed by atoms with Crippen LogP contribution in [0.25, 0.3) is 0 Å². The maximum absolute atomic E-state index is 3.12. The molecule has 0 aromatic carbocycles. The number of nitrogens with one attached hydrogen (secondary N) is 1. The predicted octanol–water partition coefficient (Wildman–Crippen LogP) is 2.26. The number of fused-ring (bicyclic) bond motifs is 1. The Morgan fingerprint density at radius 3 is 3.09 bits per heavy atom. The van der Waals surface area contributed by atoms with Crippen LogP contribution in [-0.2, 0) is 0 Å². The topological polar surface area (TPSA) is 12.0 Å². The van der Waals surface area contributed by atoms with Crippen LogP contribution in [0.4, 0.5) is 0 Å². The van der Waals surface area contributed by atoms with Crippen molar-refractivity contribution in [1.29, 1.82) is 0 Å². The molecule has 0 saturated carbocycles. The smallest absolute Gasteiger partial charge is 0.00835 e. The van der Waals surface area contributed by atoms with E-state index in [4.69, 9.17) is 0 Å². The van der Waals surface area contributed by atoms with Crippen LogP contribution >= 0.6 is 0 Å². The van der Waals surface area contributed by atoms with Gasteiger partial charge in [0, 0.05) is 12.4 Å². The Bertz CT molecular complexity index is 290. The zero-order valence-corrected chi connectivity index (χ0v) is 6.59. The van der Waals surface area contributed by atoms with Crippen LogP contribution < -0.4 is 5.32 Å². The molecule has 1 nitrogen and oxygen atoms in total. The maximum atomic E-state index is 3.12. The molecule has 1 heterocycles. The molecule has 0 spiro atoms. The first-order valence-corrected chi connectivity index (χ1v) is 3.88. The minimum absolute atomic E-state index is 1.07. The molecule has 1 heteroatoms. The van der Waals surface area contributed by atoms with Gasteiger partial charge in [-0.2, -0.15) is 0 Å². The second-order valence-electron chi connectivity index (χ2n) is 2.85. The first-order chi connectivity index (χ1) is 5.38. The van der Waals surface area contributed by atoms with Crippen molar-refractivity contribution in [2.24, 2.45) is 0 Å². The first kappa shape index (κ1) is 6.47. The molecule has 1 N–H and O–H groups in total. The van der Waals surface area contributed by atoms with Crippen molar-refractivity contribution >= 4 is 0 Å². The molecule has 0 fully saturated rings. The van der Waals surface area contributed by atoms with Crippen molar-refractivity contribution in [2.45, 2.75) is 13.3 Å². The van der Waals surface area contributed by atoms with Crippen molar-refractivity contribution in [3.05, 3.63) is 47.3 Å². The summed E-state index contributed by atoms with van der Waals surface area (Å²) < 4.78 is 0. The van der Waals surface area contributed by atoms with E-state index in [1.165, 1.54) is 16.7 Å². The third-order valence-corrected chi connectivity index (χ3v) is 2.03. The van der Waals surface area contributed by atoms with Crippen molar-refractivity contribution in [3.63, 3.8) is 0 Å². The fraction of sp³-hybridized carbons (Fsp3) is 0.200. The molecule has 0 atom stereocenters. The predicted molar refractivity (Wildman–Crippen MR) is 46.8 cm³/mol. The van der Waals surface area contributed by atoms with Gasteiger partial charge in [0.2, 0.25) is 0 Å². The van der Waals surface area contributed by atoms with E-state index in [1.54, 1.807) is 0 Å². The lowest BCUT2D eigenvalue weighted by Gasteiger charge is -2.17. The van der Waals surface area contributed by atoms with Crippen LogP contribution in [0.3, 0.4) is 0 Å². The van der Waals surface area contributed by atoms with Gasteiger partial charge in [-0.05, 0) is 30.1 Å². The van der Waals surface area contributed by atoms with E-state index in [0.29, 0.717) is 0 Å². The highest BCUT2D eigenvalue weighted by molar-refractivity contribution is 5.54. The van der Waals surface area contributed by atoms with E-state index in [1.807, 2.05) is 12.4 Å². The Labute approximate surface area is 66.8 Å². The van der Waals surface area contributed by atoms with Crippen LogP contribution in [0.2, 0.25) is 0 Å². The molecule has 1 aliphatic heterocycles. The van der Waals surface area contributed by atoms with Crippen LogP contribution in [0.15, 0.2) is 47.3 Å². The Morgan fingerprint density at radius 2 is 2.27 bits per heavy atom. The Balaban J connectivity index is 2.41. The van der Waals surface area contributed by atoms with Crippen molar-refractivity contribution in [3.8, 4) is 0 Å². The van der Waals surface area contributed by atoms with E-state index in [9.17, 15) is 0 Å². The van der Waals surface area contributed by atoms with Gasteiger partial charge in [0.25, 0.3) is 0 Å². The maximum Gasteiger partial charge on any atom is 0.00835 e. The zero-order chi connectivity index (χ0) is 7.68. The van der Waals surface area contributed by atoms with E-state index in [0.717, 1.165) is 6.42 Å². The van der Waals surface area contributed by atoms with E-state index >= 15 is 0 Å². The second-order valence-corrected chi connectivity index (χ2v) is 2.85. The Hall–Kier alpha value is -1.24. The van der Waals surface area contributed by atoms with Crippen molar-refractivity contribution < 1.29 is 0 Å². The lowest BCUT2D eigenvalue weighted by atomic mass is 9.93. The molecule has 0 saturated heterocycles. The largest absolute Gasteiger partial charge is 0.367 e. The molecule has 2 aliphatic rings. The fourth-order valence-corrected chi connectivity index (χ4v) is 1.44. The summed E-state index contributed by atoms with van der Waals surface area (Å²) in [6.45, 7) is 2.13. The zero-order valence-electron chi connectivity index (χ0n) is 6.59. The molecule has 1 aliphatic carbocycles. The molecule has 0 radical (unpaired) electrons. The van der Waals surface area contributed by atoms with Gasteiger partial charge in [0.05, 0.1) is 0 Å². The second kappa shape index (κ2) is 2.42. The van der Waals surface area contributed by atoms with Gasteiger partial charge >= 0.3 is 0 Å². The monoisotopic (exact) mass is 145 g/mol. The highest BCUT2D eigenvalue weighted by Crippen LogP contribution is 2.25. The average Bonchev–Trinajstić information content (AvgIpc) is 2.06. The minimum Gasteiger partial charge on any atom is -0.367 e. The highest BCUT2D eigenvalue weighted by Gasteiger charge is 2.09. The SMILES string of the molecule is CC1=CNC=C2C=CCC=C12. The summed E-state index contributed by atoms with van der Waals surface area (Å²) in [6.07, 6.45) is 11.7. The van der Waals surface area contributed by atoms with E-state index < -0.39 is 0 Å². The standard InChI is InChI=1S/C10H11N/c1-8-6-11-7-9-4-2-3-5-10(8)9/h2,4-7,11H,3H2,1H3. The van der Waals surface area contributed by atoms with Gasteiger partial charge in [-0.15, -0.1) is 0 Å². The number of rotatable bonds is 0. The van der Waals surface area contributed by atoms with Crippen LogP contribution in [0.1, 0.15) is 13.3 Å². The number of allylic oxidation sites excluding steroid dienone is 6. The third kappa shape index (κ3) is 1.03. The van der Waals surface area contributed by atoms with Crippen LogP contribution in [0, 0.1) is 0 Å². The van der Waals surface area contributed by atoms with Crippen LogP contribution in [-0.4, -0.2) is 0 Å². The number of hydrogen-bond acceptors (Lipinski definition) is 1. The summed E-state index contributed by atoms with van der Waals surface area (Å²) in [7, 11) is 0. The highest BCUT2D eigenvalue weighted by atomic mass is 14.8. The molecule has 0 unspecified atom stereocenters. The molecular formula is C10H11N. The van der Waals surface area contributed by atoms with Gasteiger partial charge in [0.1, 0.15) is 0 Å². The molecule has 0 aromatic heterocycles. The summed E-state index contributed by atoms with van der Waals surface area (Å²) in [4.78, 5) is 0. The van der Waals surface area contributed by atoms with Gasteiger partial charge in [-0.1, -0.05) is 18.2 Å². The van der Waals surface area contributed by atoms with Crippen LogP contribution in [0.5, 0.6) is 0 Å². The van der Waals surface area contributed by atoms with E-state index in [-0.39, 0.29) is 0 Å². The number of hydrogen-bond donors (Lipinski definition) is 1. The molecule has 56 valence electrons. The lowest BCUT2D eigenvalue weighted by molar-refractivity contribution is 1.08. The quantitative estimate of drug-likeness (QED) is 0.551. The van der Waals surface area contributed by atoms with Gasteiger partial charge < -0.3 is 5.32 Å². The normalized spacial score (nSPS) is 21.0. The summed E-state index contributed by atoms with van der Waals surface area (Å²) in [5.41, 5.74) is 4.01. The first-order valence-electron chi connectivity index (χ1n) is 3.88. The molecule has 0 amide bonds. The Morgan fingerprint density at radius 1 is 1.36 bits per heavy atom. The molecule has 0 aromatic rings. The van der Waals surface area contributed by atoms with Crippen molar-refractivity contribution in [1.82, 2.24) is 5.32 Å². The molecular weight excluding hydrogens is 134 g/mol. The fourth-order valence-electron chi connectivity index (χ4n) is 1.44. The summed E-state index contributed by atoms with van der Waals surface area (Å²) in [5, 5.41) is 3.12.